The van der Waals surface area contributed by atoms with E-state index in [1.807, 2.05) is 31.2 Å². The quantitative estimate of drug-likeness (QED) is 0.877. The van der Waals surface area contributed by atoms with E-state index in [9.17, 15) is 0 Å². The Morgan fingerprint density at radius 1 is 1.06 bits per heavy atom. The molecule has 2 nitrogen and oxygen atoms in total. The van der Waals surface area contributed by atoms with Crippen LogP contribution in [0.4, 0.5) is 0 Å². The van der Waals surface area contributed by atoms with E-state index in [0.717, 1.165) is 5.56 Å². The lowest BCUT2D eigenvalue weighted by Crippen LogP contribution is -2.04. The summed E-state index contributed by atoms with van der Waals surface area (Å²) >= 11 is 11.9. The molecule has 0 aliphatic heterocycles. The van der Waals surface area contributed by atoms with Crippen molar-refractivity contribution in [2.75, 3.05) is 0 Å². The molecule has 0 unspecified atom stereocenters. The number of nitrogens with two attached hydrogens (primary N) is 1. The summed E-state index contributed by atoms with van der Waals surface area (Å²) in [6.45, 7) is 1.93. The Morgan fingerprint density at radius 3 is 2.33 bits per heavy atom. The van der Waals surface area contributed by atoms with Crippen molar-refractivity contribution in [3.05, 3.63) is 58.1 Å². The van der Waals surface area contributed by atoms with Crippen LogP contribution in [0.3, 0.4) is 0 Å². The van der Waals surface area contributed by atoms with Crippen molar-refractivity contribution in [3.8, 4) is 11.5 Å². The van der Waals surface area contributed by atoms with Crippen LogP contribution in [0.1, 0.15) is 18.5 Å². The molecular weight excluding hydrogens is 269 g/mol. The molecule has 94 valence electrons. The van der Waals surface area contributed by atoms with Gasteiger partial charge in [0.05, 0.1) is 5.02 Å². The molecule has 4 heteroatoms. The Balaban J connectivity index is 2.21. The van der Waals surface area contributed by atoms with E-state index in [1.165, 1.54) is 0 Å². The van der Waals surface area contributed by atoms with Gasteiger partial charge in [-0.1, -0.05) is 35.3 Å². The maximum atomic E-state index is 6.02. The SMILES string of the molecule is C[C@@H](N)c1ccc(Oc2cc(Cl)ccc2Cl)cc1. The van der Waals surface area contributed by atoms with Crippen molar-refractivity contribution in [2.45, 2.75) is 13.0 Å². The van der Waals surface area contributed by atoms with Crippen molar-refractivity contribution in [1.29, 1.82) is 0 Å². The van der Waals surface area contributed by atoms with E-state index in [1.54, 1.807) is 18.2 Å². The lowest BCUT2D eigenvalue weighted by atomic mass is 10.1. The maximum absolute atomic E-state index is 6.02. The third-order valence-corrected chi connectivity index (χ3v) is 3.07. The minimum atomic E-state index is 0.00816. The third kappa shape index (κ3) is 3.16. The molecule has 0 saturated carbocycles. The van der Waals surface area contributed by atoms with E-state index in [0.29, 0.717) is 21.5 Å². The average molecular weight is 282 g/mol. The number of hydrogen-bond donors (Lipinski definition) is 1. The lowest BCUT2D eigenvalue weighted by molar-refractivity contribution is 0.482. The van der Waals surface area contributed by atoms with Gasteiger partial charge in [-0.25, -0.2) is 0 Å². The Morgan fingerprint density at radius 2 is 1.72 bits per heavy atom. The van der Waals surface area contributed by atoms with Crippen molar-refractivity contribution >= 4 is 23.2 Å². The molecular formula is C14H13Cl2NO. The molecule has 0 heterocycles. The van der Waals surface area contributed by atoms with Crippen LogP contribution in [-0.4, -0.2) is 0 Å². The van der Waals surface area contributed by atoms with Crippen molar-refractivity contribution in [1.82, 2.24) is 0 Å². The van der Waals surface area contributed by atoms with Crippen LogP contribution in [-0.2, 0) is 0 Å². The Bertz CT molecular complexity index is 538. The van der Waals surface area contributed by atoms with Crippen LogP contribution in [0.15, 0.2) is 42.5 Å². The fourth-order valence-corrected chi connectivity index (χ4v) is 1.84. The van der Waals surface area contributed by atoms with E-state index >= 15 is 0 Å². The van der Waals surface area contributed by atoms with Gasteiger partial charge in [0.2, 0.25) is 0 Å². The molecule has 0 bridgehead atoms. The van der Waals surface area contributed by atoms with Gasteiger partial charge < -0.3 is 10.5 Å². The number of rotatable bonds is 3. The number of hydrogen-bond acceptors (Lipinski definition) is 2. The van der Waals surface area contributed by atoms with Crippen molar-refractivity contribution in [3.63, 3.8) is 0 Å². The molecule has 0 amide bonds. The highest BCUT2D eigenvalue weighted by molar-refractivity contribution is 6.34. The second-order valence-electron chi connectivity index (χ2n) is 4.03. The first-order chi connectivity index (χ1) is 8.56. The summed E-state index contributed by atoms with van der Waals surface area (Å²) in [5.74, 6) is 1.24. The van der Waals surface area contributed by atoms with Crippen LogP contribution >= 0.6 is 23.2 Å². The van der Waals surface area contributed by atoms with Gasteiger partial charge in [-0.3, -0.25) is 0 Å². The fourth-order valence-electron chi connectivity index (χ4n) is 1.52. The second kappa shape index (κ2) is 5.61. The summed E-state index contributed by atoms with van der Waals surface area (Å²) in [6, 6.07) is 12.7. The lowest BCUT2D eigenvalue weighted by Gasteiger charge is -2.10. The number of ether oxygens (including phenoxy) is 1. The monoisotopic (exact) mass is 281 g/mol. The largest absolute Gasteiger partial charge is 0.456 e. The van der Waals surface area contributed by atoms with Crippen LogP contribution in [0.5, 0.6) is 11.5 Å². The van der Waals surface area contributed by atoms with Gasteiger partial charge in [0.1, 0.15) is 11.5 Å². The highest BCUT2D eigenvalue weighted by atomic mass is 35.5. The van der Waals surface area contributed by atoms with Crippen LogP contribution in [0.25, 0.3) is 0 Å². The summed E-state index contributed by atoms with van der Waals surface area (Å²) in [5.41, 5.74) is 6.84. The molecule has 0 saturated heterocycles. The molecule has 2 N–H and O–H groups in total. The Labute approximate surface area is 116 Å². The Kier molecular flexibility index (Phi) is 4.12. The van der Waals surface area contributed by atoms with E-state index < -0.39 is 0 Å². The van der Waals surface area contributed by atoms with Gasteiger partial charge in [0, 0.05) is 17.1 Å². The maximum Gasteiger partial charge on any atom is 0.147 e. The summed E-state index contributed by atoms with van der Waals surface area (Å²) in [5, 5.41) is 1.11. The Hall–Kier alpha value is -1.22. The zero-order valence-electron chi connectivity index (χ0n) is 9.86. The fraction of sp³-hybridized carbons (Fsp3) is 0.143. The number of halogens is 2. The molecule has 0 aromatic heterocycles. The highest BCUT2D eigenvalue weighted by Crippen LogP contribution is 2.32. The molecule has 0 spiro atoms. The van der Waals surface area contributed by atoms with E-state index in [-0.39, 0.29) is 6.04 Å². The summed E-state index contributed by atoms with van der Waals surface area (Å²) in [4.78, 5) is 0. The summed E-state index contributed by atoms with van der Waals surface area (Å²) < 4.78 is 5.67. The minimum absolute atomic E-state index is 0.00816. The molecule has 18 heavy (non-hydrogen) atoms. The van der Waals surface area contributed by atoms with Gasteiger partial charge in [-0.05, 0) is 36.8 Å². The van der Waals surface area contributed by atoms with E-state index in [4.69, 9.17) is 33.7 Å². The average Bonchev–Trinajstić information content (AvgIpc) is 2.34. The van der Waals surface area contributed by atoms with Gasteiger partial charge in [0.15, 0.2) is 0 Å². The molecule has 2 aromatic carbocycles. The predicted molar refractivity (Wildman–Crippen MR) is 75.6 cm³/mol. The first-order valence-electron chi connectivity index (χ1n) is 5.54. The van der Waals surface area contributed by atoms with Crippen LogP contribution in [0.2, 0.25) is 10.0 Å². The second-order valence-corrected chi connectivity index (χ2v) is 4.88. The van der Waals surface area contributed by atoms with Gasteiger partial charge >= 0.3 is 0 Å². The topological polar surface area (TPSA) is 35.2 Å². The third-order valence-electron chi connectivity index (χ3n) is 2.53. The first kappa shape index (κ1) is 13.2. The zero-order chi connectivity index (χ0) is 13.1. The summed E-state index contributed by atoms with van der Waals surface area (Å²) in [7, 11) is 0. The van der Waals surface area contributed by atoms with Crippen molar-refractivity contribution in [2.24, 2.45) is 5.73 Å². The molecule has 0 aliphatic rings. The van der Waals surface area contributed by atoms with Gasteiger partial charge in [-0.2, -0.15) is 0 Å². The number of benzene rings is 2. The molecule has 0 fully saturated rings. The van der Waals surface area contributed by atoms with Gasteiger partial charge in [-0.15, -0.1) is 0 Å². The van der Waals surface area contributed by atoms with Crippen LogP contribution in [0, 0.1) is 0 Å². The zero-order valence-corrected chi connectivity index (χ0v) is 11.4. The molecule has 0 radical (unpaired) electrons. The molecule has 2 rings (SSSR count). The van der Waals surface area contributed by atoms with E-state index in [2.05, 4.69) is 0 Å². The predicted octanol–water partition coefficient (Wildman–Crippen LogP) is 4.81. The van der Waals surface area contributed by atoms with Crippen LogP contribution < -0.4 is 10.5 Å². The normalized spacial score (nSPS) is 12.2. The molecule has 0 aliphatic carbocycles. The minimum Gasteiger partial charge on any atom is -0.456 e. The van der Waals surface area contributed by atoms with Crippen molar-refractivity contribution < 1.29 is 4.74 Å². The van der Waals surface area contributed by atoms with Gasteiger partial charge in [0.25, 0.3) is 0 Å². The molecule has 2 aromatic rings. The summed E-state index contributed by atoms with van der Waals surface area (Å²) in [6.07, 6.45) is 0. The highest BCUT2D eigenvalue weighted by Gasteiger charge is 2.05. The first-order valence-corrected chi connectivity index (χ1v) is 6.30. The smallest absolute Gasteiger partial charge is 0.147 e. The standard InChI is InChI=1S/C14H13Cl2NO/c1-9(17)10-2-5-12(6-3-10)18-14-8-11(15)4-7-13(14)16/h2-9H,17H2,1H3/t9-/m1/s1. The molecule has 1 atom stereocenters.